The second-order valence-electron chi connectivity index (χ2n) is 10.9. The van der Waals surface area contributed by atoms with E-state index in [0.29, 0.717) is 19.3 Å². The number of H-pyrrole nitrogens is 1. The van der Waals surface area contributed by atoms with Crippen LogP contribution >= 0.6 is 23.5 Å². The summed E-state index contributed by atoms with van der Waals surface area (Å²) in [5, 5.41) is 2.69. The van der Waals surface area contributed by atoms with Gasteiger partial charge in [0.15, 0.2) is 5.82 Å². The molecular formula is C28H36N4O5S2. The van der Waals surface area contributed by atoms with Crippen molar-refractivity contribution in [3.8, 4) is 0 Å². The van der Waals surface area contributed by atoms with Gasteiger partial charge in [0.1, 0.15) is 24.0 Å². The Morgan fingerprint density at radius 3 is 2.59 bits per heavy atom. The Morgan fingerprint density at radius 1 is 1.21 bits per heavy atom. The van der Waals surface area contributed by atoms with Gasteiger partial charge in [0, 0.05) is 42.8 Å². The number of thioether (sulfide) groups is 2. The van der Waals surface area contributed by atoms with Crippen LogP contribution in [-0.2, 0) is 32.0 Å². The van der Waals surface area contributed by atoms with E-state index < -0.39 is 29.6 Å². The predicted octanol–water partition coefficient (Wildman–Crippen LogP) is 3.39. The van der Waals surface area contributed by atoms with Gasteiger partial charge in [-0.2, -0.15) is 0 Å². The number of aryl methyl sites for hydroxylation is 2. The molecular weight excluding hydrogens is 536 g/mol. The predicted molar refractivity (Wildman–Crippen MR) is 153 cm³/mol. The van der Waals surface area contributed by atoms with Crippen molar-refractivity contribution < 1.29 is 23.9 Å². The maximum atomic E-state index is 13.6. The molecule has 11 heteroatoms. The summed E-state index contributed by atoms with van der Waals surface area (Å²) in [5.41, 5.74) is 1.36. The fourth-order valence-corrected chi connectivity index (χ4v) is 8.06. The van der Waals surface area contributed by atoms with E-state index >= 15 is 0 Å². The van der Waals surface area contributed by atoms with Crippen molar-refractivity contribution >= 4 is 47.6 Å². The van der Waals surface area contributed by atoms with E-state index in [0.717, 1.165) is 36.5 Å². The maximum Gasteiger partial charge on any atom is 0.329 e. The van der Waals surface area contributed by atoms with Crippen molar-refractivity contribution in [2.45, 2.75) is 74.6 Å². The molecule has 1 aromatic heterocycles. The van der Waals surface area contributed by atoms with Crippen molar-refractivity contribution in [1.82, 2.24) is 20.2 Å². The minimum absolute atomic E-state index is 0.198. The summed E-state index contributed by atoms with van der Waals surface area (Å²) in [7, 11) is 0. The molecule has 2 aromatic rings. The number of carbonyl (C=O) groups excluding carboxylic acids is 4. The van der Waals surface area contributed by atoms with E-state index in [9.17, 15) is 19.2 Å². The number of ether oxygens (including phenoxy) is 1. The van der Waals surface area contributed by atoms with E-state index in [1.54, 1.807) is 55.4 Å². The number of benzene rings is 1. The minimum atomic E-state index is -1.12. The van der Waals surface area contributed by atoms with Gasteiger partial charge in [0.25, 0.3) is 5.91 Å². The van der Waals surface area contributed by atoms with Crippen molar-refractivity contribution in [1.29, 1.82) is 0 Å². The standard InChI is InChI=1S/C28H36N4O5S2/c1-27(2,3)37-26(36)21(12-13-33)31-24(34)22-16-28(38-14-15-39-28)18-32(22)25(35)23-29-17-20(30-23)11-7-10-19-8-5-4-6-9-19/h4-6,8-9,13,17,21-22H,7,10-12,14-16,18H2,1-3H3,(H,29,30)(H,31,34)/t21?,22-/m0/s1. The quantitative estimate of drug-likeness (QED) is 0.328. The third kappa shape index (κ3) is 7.66. The third-order valence-corrected chi connectivity index (χ3v) is 10.0. The van der Waals surface area contributed by atoms with E-state index in [2.05, 4.69) is 27.4 Å². The molecule has 0 saturated carbocycles. The number of imidazole rings is 1. The summed E-state index contributed by atoms with van der Waals surface area (Å²) >= 11 is 3.52. The van der Waals surface area contributed by atoms with Crippen LogP contribution in [0.4, 0.5) is 0 Å². The lowest BCUT2D eigenvalue weighted by Gasteiger charge is -2.27. The van der Waals surface area contributed by atoms with Gasteiger partial charge in [-0.15, -0.1) is 23.5 Å². The summed E-state index contributed by atoms with van der Waals surface area (Å²) in [4.78, 5) is 60.1. The van der Waals surface area contributed by atoms with Crippen molar-refractivity contribution in [2.24, 2.45) is 0 Å². The molecule has 2 atom stereocenters. The first-order valence-electron chi connectivity index (χ1n) is 13.2. The van der Waals surface area contributed by atoms with Gasteiger partial charge in [0.2, 0.25) is 5.91 Å². The molecule has 0 radical (unpaired) electrons. The molecule has 3 heterocycles. The number of aromatic nitrogens is 2. The summed E-state index contributed by atoms with van der Waals surface area (Å²) < 4.78 is 5.12. The Hall–Kier alpha value is -2.79. The monoisotopic (exact) mass is 572 g/mol. The second-order valence-corrected chi connectivity index (χ2v) is 14.1. The zero-order chi connectivity index (χ0) is 28.0. The first-order chi connectivity index (χ1) is 18.6. The molecule has 39 heavy (non-hydrogen) atoms. The van der Waals surface area contributed by atoms with Crippen LogP contribution in [0, 0.1) is 0 Å². The lowest BCUT2D eigenvalue weighted by Crippen LogP contribution is -2.52. The molecule has 2 aliphatic heterocycles. The molecule has 4 rings (SSSR count). The molecule has 1 spiro atoms. The Labute approximate surface area is 237 Å². The number of hydrogen-bond acceptors (Lipinski definition) is 8. The van der Waals surface area contributed by atoms with Gasteiger partial charge in [0.05, 0.1) is 4.08 Å². The average molecular weight is 573 g/mol. The largest absolute Gasteiger partial charge is 0.458 e. The zero-order valence-corrected chi connectivity index (χ0v) is 24.2. The summed E-state index contributed by atoms with van der Waals surface area (Å²) in [6.45, 7) is 5.56. The Kier molecular flexibility index (Phi) is 9.43. The van der Waals surface area contributed by atoms with Crippen LogP contribution < -0.4 is 5.32 Å². The van der Waals surface area contributed by atoms with Gasteiger partial charge < -0.3 is 24.7 Å². The van der Waals surface area contributed by atoms with Crippen molar-refractivity contribution in [3.05, 3.63) is 53.6 Å². The highest BCUT2D eigenvalue weighted by atomic mass is 32.2. The molecule has 0 aliphatic carbocycles. The lowest BCUT2D eigenvalue weighted by atomic mass is 10.1. The van der Waals surface area contributed by atoms with E-state index in [4.69, 9.17) is 4.74 Å². The highest BCUT2D eigenvalue weighted by Crippen LogP contribution is 2.52. The summed E-state index contributed by atoms with van der Waals surface area (Å²) in [6.07, 6.45) is 5.09. The van der Waals surface area contributed by atoms with Gasteiger partial charge in [-0.05, 0) is 45.6 Å². The molecule has 2 N–H and O–H groups in total. The first kappa shape index (κ1) is 29.2. The molecule has 2 aliphatic rings. The Balaban J connectivity index is 1.45. The third-order valence-electron chi connectivity index (χ3n) is 6.59. The van der Waals surface area contributed by atoms with Crippen LogP contribution in [0.1, 0.15) is 61.9 Å². The number of aromatic amines is 1. The van der Waals surface area contributed by atoms with Gasteiger partial charge in [-0.25, -0.2) is 9.78 Å². The zero-order valence-electron chi connectivity index (χ0n) is 22.6. The molecule has 2 saturated heterocycles. The number of amides is 2. The number of nitrogens with zero attached hydrogens (tertiary/aromatic N) is 2. The smallest absolute Gasteiger partial charge is 0.329 e. The molecule has 1 unspecified atom stereocenters. The average Bonchev–Trinajstić information content (AvgIpc) is 3.64. The number of carbonyl (C=O) groups is 4. The molecule has 0 bridgehead atoms. The Morgan fingerprint density at radius 2 is 1.92 bits per heavy atom. The number of hydrogen-bond donors (Lipinski definition) is 2. The normalized spacial score (nSPS) is 19.2. The van der Waals surface area contributed by atoms with E-state index in [-0.39, 0.29) is 22.2 Å². The summed E-state index contributed by atoms with van der Waals surface area (Å²) in [5.74, 6) is 0.589. The molecule has 9 nitrogen and oxygen atoms in total. The highest BCUT2D eigenvalue weighted by molar-refractivity contribution is 8.21. The van der Waals surface area contributed by atoms with E-state index in [1.807, 2.05) is 18.2 Å². The number of rotatable bonds is 10. The maximum absolute atomic E-state index is 13.6. The summed E-state index contributed by atoms with van der Waals surface area (Å²) in [6, 6.07) is 8.32. The SMILES string of the molecule is CC(C)(C)OC(=O)C(CC=O)NC(=O)[C@@H]1CC2(CN1C(=O)c1ncc(CCCc3ccccc3)[nH]1)SCCS2. The van der Waals surface area contributed by atoms with Crippen LogP contribution in [0.2, 0.25) is 0 Å². The molecule has 2 amide bonds. The Bertz CT molecular complexity index is 1170. The van der Waals surface area contributed by atoms with Crippen LogP contribution in [0.3, 0.4) is 0 Å². The lowest BCUT2D eigenvalue weighted by molar-refractivity contribution is -0.159. The second kappa shape index (κ2) is 12.6. The fourth-order valence-electron chi connectivity index (χ4n) is 4.80. The van der Waals surface area contributed by atoms with Crippen LogP contribution in [0.15, 0.2) is 36.5 Å². The minimum Gasteiger partial charge on any atom is -0.458 e. The van der Waals surface area contributed by atoms with Crippen molar-refractivity contribution in [3.63, 3.8) is 0 Å². The highest BCUT2D eigenvalue weighted by Gasteiger charge is 2.52. The van der Waals surface area contributed by atoms with Crippen molar-refractivity contribution in [2.75, 3.05) is 18.1 Å². The number of nitrogens with one attached hydrogen (secondary N) is 2. The molecule has 1 aromatic carbocycles. The van der Waals surface area contributed by atoms with Gasteiger partial charge in [-0.3, -0.25) is 9.59 Å². The van der Waals surface area contributed by atoms with E-state index in [1.165, 1.54) is 5.56 Å². The van der Waals surface area contributed by atoms with Crippen LogP contribution in [0.5, 0.6) is 0 Å². The molecule has 210 valence electrons. The molecule has 2 fully saturated rings. The van der Waals surface area contributed by atoms with Gasteiger partial charge >= 0.3 is 5.97 Å². The van der Waals surface area contributed by atoms with Crippen LogP contribution in [0.25, 0.3) is 0 Å². The van der Waals surface area contributed by atoms with Crippen LogP contribution in [-0.4, -0.2) is 78.8 Å². The number of esters is 1. The topological polar surface area (TPSA) is 121 Å². The fraction of sp³-hybridized carbons (Fsp3) is 0.536. The van der Waals surface area contributed by atoms with Gasteiger partial charge in [-0.1, -0.05) is 30.3 Å². The first-order valence-corrected chi connectivity index (χ1v) is 15.2. The number of aldehydes is 1. The number of likely N-dealkylation sites (tertiary alicyclic amines) is 1.